The van der Waals surface area contributed by atoms with Crippen LogP contribution in [0.3, 0.4) is 0 Å². The minimum absolute atomic E-state index is 0.140. The molecule has 0 fully saturated rings. The zero-order valence-electron chi connectivity index (χ0n) is 11.9. The van der Waals surface area contributed by atoms with Gasteiger partial charge >= 0.3 is 12.4 Å². The van der Waals surface area contributed by atoms with E-state index in [1.165, 1.54) is 0 Å². The summed E-state index contributed by atoms with van der Waals surface area (Å²) in [6, 6.07) is 0. The molecule has 0 saturated carbocycles. The summed E-state index contributed by atoms with van der Waals surface area (Å²) in [6.07, 6.45) is 6.04. The Morgan fingerprint density at radius 1 is 1.22 bits per heavy atom. The van der Waals surface area contributed by atoms with Crippen LogP contribution in [0.2, 0.25) is 0 Å². The van der Waals surface area contributed by atoms with Crippen molar-refractivity contribution in [2.75, 3.05) is 19.7 Å². The van der Waals surface area contributed by atoms with Gasteiger partial charge in [-0.15, -0.1) is 0 Å². The molecule has 0 aliphatic carbocycles. The maximum atomic E-state index is 11.3. The Kier molecular flexibility index (Phi) is 10.4. The standard InChI is InChI=1S/C14H26NO3/c1-4-5-9-15(12-16)10-7-6-8-14(17)18-11-13(2)3/h13H,4-11H2,1-3H3. The Labute approximate surface area is 111 Å². The summed E-state index contributed by atoms with van der Waals surface area (Å²) in [6.45, 7) is 8.05. The third kappa shape index (κ3) is 10.1. The predicted octanol–water partition coefficient (Wildman–Crippen LogP) is 2.53. The lowest BCUT2D eigenvalue weighted by Gasteiger charge is -2.15. The van der Waals surface area contributed by atoms with Crippen molar-refractivity contribution >= 4 is 12.4 Å². The maximum absolute atomic E-state index is 11.3. The molecule has 1 radical (unpaired) electrons. The highest BCUT2D eigenvalue weighted by Gasteiger charge is 2.06. The second kappa shape index (κ2) is 11.1. The number of hydrogen-bond acceptors (Lipinski definition) is 3. The molecule has 1 amide bonds. The molecular weight excluding hydrogens is 230 g/mol. The third-order valence-electron chi connectivity index (χ3n) is 2.55. The number of hydrogen-bond donors (Lipinski definition) is 0. The smallest absolute Gasteiger partial charge is 0.312 e. The van der Waals surface area contributed by atoms with Crippen LogP contribution in [0.4, 0.5) is 0 Å². The van der Waals surface area contributed by atoms with Gasteiger partial charge in [0.1, 0.15) is 0 Å². The van der Waals surface area contributed by atoms with Gasteiger partial charge in [-0.05, 0) is 25.2 Å². The van der Waals surface area contributed by atoms with Crippen molar-refractivity contribution in [1.29, 1.82) is 0 Å². The summed E-state index contributed by atoms with van der Waals surface area (Å²) in [4.78, 5) is 23.6. The SMILES string of the molecule is CCCCN([C]=O)CCCCC(=O)OCC(C)C. The lowest BCUT2D eigenvalue weighted by Crippen LogP contribution is -2.24. The van der Waals surface area contributed by atoms with Crippen LogP contribution in [0, 0.1) is 5.92 Å². The van der Waals surface area contributed by atoms with E-state index in [0.29, 0.717) is 25.5 Å². The molecule has 0 spiro atoms. The van der Waals surface area contributed by atoms with Crippen molar-refractivity contribution in [3.8, 4) is 0 Å². The molecule has 0 rings (SSSR count). The maximum Gasteiger partial charge on any atom is 0.312 e. The molecular formula is C14H26NO3. The summed E-state index contributed by atoms with van der Waals surface area (Å²) in [5.41, 5.74) is 0. The summed E-state index contributed by atoms with van der Waals surface area (Å²) in [5, 5.41) is 0. The number of esters is 1. The first kappa shape index (κ1) is 16.9. The van der Waals surface area contributed by atoms with E-state index in [4.69, 9.17) is 4.74 Å². The number of carbonyl (C=O) groups excluding carboxylic acids is 2. The van der Waals surface area contributed by atoms with Crippen LogP contribution >= 0.6 is 0 Å². The van der Waals surface area contributed by atoms with Gasteiger partial charge in [-0.25, -0.2) is 0 Å². The average Bonchev–Trinajstić information content (AvgIpc) is 2.35. The summed E-state index contributed by atoms with van der Waals surface area (Å²) in [5.74, 6) is 0.238. The number of unbranched alkanes of at least 4 members (excludes halogenated alkanes) is 2. The first-order chi connectivity index (χ1) is 8.60. The Bertz CT molecular complexity index is 229. The minimum Gasteiger partial charge on any atom is -0.465 e. The molecule has 18 heavy (non-hydrogen) atoms. The van der Waals surface area contributed by atoms with Gasteiger partial charge < -0.3 is 9.64 Å². The molecule has 4 nitrogen and oxygen atoms in total. The molecule has 0 aromatic rings. The average molecular weight is 256 g/mol. The van der Waals surface area contributed by atoms with Gasteiger partial charge in [0.05, 0.1) is 6.61 Å². The zero-order chi connectivity index (χ0) is 13.8. The minimum atomic E-state index is -0.140. The van der Waals surface area contributed by atoms with Gasteiger partial charge in [0.15, 0.2) is 0 Å². The Morgan fingerprint density at radius 2 is 1.89 bits per heavy atom. The molecule has 0 aliphatic rings. The molecule has 0 bridgehead atoms. The lowest BCUT2D eigenvalue weighted by molar-refractivity contribution is -0.144. The van der Waals surface area contributed by atoms with E-state index in [1.807, 2.05) is 20.3 Å². The molecule has 4 heteroatoms. The van der Waals surface area contributed by atoms with Gasteiger partial charge in [-0.2, -0.15) is 0 Å². The summed E-state index contributed by atoms with van der Waals surface area (Å²) >= 11 is 0. The Morgan fingerprint density at radius 3 is 2.44 bits per heavy atom. The van der Waals surface area contributed by atoms with Crippen LogP contribution in [0.25, 0.3) is 0 Å². The topological polar surface area (TPSA) is 46.6 Å². The van der Waals surface area contributed by atoms with Crippen LogP contribution in [0.5, 0.6) is 0 Å². The number of amides is 1. The van der Waals surface area contributed by atoms with Crippen molar-refractivity contribution in [2.45, 2.75) is 52.9 Å². The van der Waals surface area contributed by atoms with Crippen molar-refractivity contribution in [3.63, 3.8) is 0 Å². The van der Waals surface area contributed by atoms with Gasteiger partial charge in [0.25, 0.3) is 0 Å². The number of nitrogens with zero attached hydrogens (tertiary/aromatic N) is 1. The van der Waals surface area contributed by atoms with E-state index in [0.717, 1.165) is 32.2 Å². The van der Waals surface area contributed by atoms with E-state index in [1.54, 1.807) is 4.90 Å². The van der Waals surface area contributed by atoms with Crippen LogP contribution in [-0.2, 0) is 14.3 Å². The zero-order valence-corrected chi connectivity index (χ0v) is 11.9. The Balaban J connectivity index is 3.52. The molecule has 0 atom stereocenters. The first-order valence-electron chi connectivity index (χ1n) is 6.88. The molecule has 105 valence electrons. The second-order valence-electron chi connectivity index (χ2n) is 4.97. The van der Waals surface area contributed by atoms with Crippen molar-refractivity contribution in [1.82, 2.24) is 4.90 Å². The number of carbonyl (C=O) groups is 1. The van der Waals surface area contributed by atoms with Crippen LogP contribution in [0.15, 0.2) is 0 Å². The largest absolute Gasteiger partial charge is 0.465 e. The summed E-state index contributed by atoms with van der Waals surface area (Å²) < 4.78 is 5.07. The molecule has 0 aromatic carbocycles. The van der Waals surface area contributed by atoms with Gasteiger partial charge in [-0.1, -0.05) is 27.2 Å². The first-order valence-corrected chi connectivity index (χ1v) is 6.88. The fourth-order valence-corrected chi connectivity index (χ4v) is 1.46. The fourth-order valence-electron chi connectivity index (χ4n) is 1.46. The molecule has 0 N–H and O–H groups in total. The molecule has 0 aliphatic heterocycles. The van der Waals surface area contributed by atoms with E-state index >= 15 is 0 Å². The van der Waals surface area contributed by atoms with E-state index in [9.17, 15) is 9.59 Å². The Hall–Kier alpha value is -1.06. The normalized spacial score (nSPS) is 10.4. The van der Waals surface area contributed by atoms with Crippen LogP contribution in [0.1, 0.15) is 52.9 Å². The van der Waals surface area contributed by atoms with Gasteiger partial charge in [0, 0.05) is 19.5 Å². The second-order valence-corrected chi connectivity index (χ2v) is 4.97. The van der Waals surface area contributed by atoms with Gasteiger partial charge in [-0.3, -0.25) is 9.59 Å². The highest BCUT2D eigenvalue weighted by atomic mass is 16.5. The lowest BCUT2D eigenvalue weighted by atomic mass is 10.2. The highest BCUT2D eigenvalue weighted by molar-refractivity contribution is 5.69. The predicted molar refractivity (Wildman–Crippen MR) is 71.8 cm³/mol. The molecule has 0 heterocycles. The van der Waals surface area contributed by atoms with E-state index in [2.05, 4.69) is 6.92 Å². The van der Waals surface area contributed by atoms with Crippen molar-refractivity contribution < 1.29 is 14.3 Å². The van der Waals surface area contributed by atoms with E-state index < -0.39 is 0 Å². The number of ether oxygens (including phenoxy) is 1. The summed E-state index contributed by atoms with van der Waals surface area (Å²) in [7, 11) is 0. The molecule has 0 unspecified atom stereocenters. The van der Waals surface area contributed by atoms with Crippen LogP contribution in [-0.4, -0.2) is 37.0 Å². The van der Waals surface area contributed by atoms with Gasteiger partial charge in [0.2, 0.25) is 0 Å². The van der Waals surface area contributed by atoms with Crippen LogP contribution < -0.4 is 0 Å². The third-order valence-corrected chi connectivity index (χ3v) is 2.55. The van der Waals surface area contributed by atoms with Crippen molar-refractivity contribution in [3.05, 3.63) is 0 Å². The molecule has 0 aromatic heterocycles. The monoisotopic (exact) mass is 256 g/mol. The fraction of sp³-hybridized carbons (Fsp3) is 0.857. The molecule has 0 saturated heterocycles. The van der Waals surface area contributed by atoms with Crippen molar-refractivity contribution in [2.24, 2.45) is 5.92 Å². The van der Waals surface area contributed by atoms with E-state index in [-0.39, 0.29) is 5.97 Å². The number of rotatable bonds is 11. The quantitative estimate of drug-likeness (QED) is 0.324. The highest BCUT2D eigenvalue weighted by Crippen LogP contribution is 2.02.